The molecule has 0 amide bonds. The van der Waals surface area contributed by atoms with Crippen LogP contribution in [0.25, 0.3) is 0 Å². The monoisotopic (exact) mass is 609 g/mol. The second-order valence-corrected chi connectivity index (χ2v) is 14.2. The van der Waals surface area contributed by atoms with Crippen molar-refractivity contribution in [2.45, 2.75) is 86.2 Å². The number of carbonyl (C=O) groups excluding carboxylic acids is 2. The summed E-state index contributed by atoms with van der Waals surface area (Å²) in [6.07, 6.45) is 3.46. The molecule has 5 rings (SSSR count). The van der Waals surface area contributed by atoms with Crippen LogP contribution in [0.5, 0.6) is 11.5 Å². The van der Waals surface area contributed by atoms with Crippen molar-refractivity contribution in [1.29, 1.82) is 0 Å². The molecule has 0 spiro atoms. The number of benzene rings is 2. The molecule has 42 heavy (non-hydrogen) atoms. The van der Waals surface area contributed by atoms with E-state index in [0.717, 1.165) is 59.5 Å². The van der Waals surface area contributed by atoms with Gasteiger partial charge in [0, 0.05) is 63.5 Å². The summed E-state index contributed by atoms with van der Waals surface area (Å²) in [5.41, 5.74) is 5.13. The van der Waals surface area contributed by atoms with Crippen LogP contribution >= 0.6 is 23.2 Å². The molecule has 0 aromatic heterocycles. The quantitative estimate of drug-likeness (QED) is 0.299. The number of nitrogens with zero attached hydrogens (tertiary/aromatic N) is 1. The van der Waals surface area contributed by atoms with Crippen molar-refractivity contribution in [3.05, 3.63) is 80.1 Å². The molecular formula is C35H41Cl2NO4. The van der Waals surface area contributed by atoms with Crippen LogP contribution in [-0.2, 0) is 16.2 Å². The van der Waals surface area contributed by atoms with E-state index in [2.05, 4.69) is 39.5 Å². The van der Waals surface area contributed by atoms with Crippen molar-refractivity contribution in [3.8, 4) is 11.5 Å². The minimum Gasteiger partial charge on any atom is -0.490 e. The molecular weight excluding hydrogens is 569 g/mol. The van der Waals surface area contributed by atoms with Crippen LogP contribution in [0.2, 0.25) is 10.0 Å². The minimum absolute atomic E-state index is 0.132. The SMILES string of the molecule is CCCN1C2=C(C(=O)CC(C)(C)C2)C(c2ccc(OCc3ccc(Cl)cc3Cl)c(OCC)c2)C2=C1CC(C)(C)CC2=O. The fourth-order valence-electron chi connectivity index (χ4n) is 6.76. The van der Waals surface area contributed by atoms with Crippen molar-refractivity contribution < 1.29 is 19.1 Å². The highest BCUT2D eigenvalue weighted by molar-refractivity contribution is 6.35. The van der Waals surface area contributed by atoms with Crippen molar-refractivity contribution in [2.24, 2.45) is 10.8 Å². The number of ether oxygens (including phenoxy) is 2. The van der Waals surface area contributed by atoms with Crippen molar-refractivity contribution in [1.82, 2.24) is 4.90 Å². The molecule has 5 nitrogen and oxygen atoms in total. The van der Waals surface area contributed by atoms with Crippen LogP contribution in [0, 0.1) is 10.8 Å². The minimum atomic E-state index is -0.422. The number of carbonyl (C=O) groups is 2. The normalized spacial score (nSPS) is 20.0. The maximum absolute atomic E-state index is 14.0. The zero-order valence-electron chi connectivity index (χ0n) is 25.5. The summed E-state index contributed by atoms with van der Waals surface area (Å²) in [5, 5.41) is 1.10. The Balaban J connectivity index is 1.62. The highest BCUT2D eigenvalue weighted by Gasteiger charge is 2.48. The number of ketones is 2. The lowest BCUT2D eigenvalue weighted by Gasteiger charge is -2.49. The second kappa shape index (κ2) is 11.7. The molecule has 2 aromatic rings. The number of rotatable bonds is 8. The van der Waals surface area contributed by atoms with Gasteiger partial charge in [-0.1, -0.05) is 70.0 Å². The van der Waals surface area contributed by atoms with Gasteiger partial charge in [0.25, 0.3) is 0 Å². The Morgan fingerprint density at radius 3 is 1.98 bits per heavy atom. The largest absolute Gasteiger partial charge is 0.490 e. The van der Waals surface area contributed by atoms with E-state index in [9.17, 15) is 9.59 Å². The van der Waals surface area contributed by atoms with Crippen LogP contribution in [0.15, 0.2) is 58.9 Å². The lowest BCUT2D eigenvalue weighted by molar-refractivity contribution is -0.119. The molecule has 0 saturated heterocycles. The number of hydrogen-bond acceptors (Lipinski definition) is 5. The molecule has 7 heteroatoms. The standard InChI is InChI=1S/C35H41Cl2NO4/c1-7-13-38-25-16-34(3,4)18-27(39)32(25)31(33-26(38)17-35(5,6)19-28(33)40)21-10-12-29(30(14-21)41-8-2)42-20-22-9-11-23(36)15-24(22)37/h9-12,14-15,31H,7-8,13,16-20H2,1-6H3. The first-order chi connectivity index (χ1) is 19.8. The van der Waals surface area contributed by atoms with Gasteiger partial charge in [-0.3, -0.25) is 9.59 Å². The van der Waals surface area contributed by atoms with E-state index in [4.69, 9.17) is 32.7 Å². The Morgan fingerprint density at radius 1 is 0.810 bits per heavy atom. The lowest BCUT2D eigenvalue weighted by Crippen LogP contribution is -2.44. The van der Waals surface area contributed by atoms with Gasteiger partial charge in [-0.2, -0.15) is 0 Å². The van der Waals surface area contributed by atoms with E-state index >= 15 is 0 Å². The molecule has 0 unspecified atom stereocenters. The Bertz CT molecular complexity index is 1430. The van der Waals surface area contributed by atoms with Gasteiger partial charge in [-0.05, 0) is 66.8 Å². The maximum atomic E-state index is 14.0. The highest BCUT2D eigenvalue weighted by Crippen LogP contribution is 2.55. The zero-order chi connectivity index (χ0) is 30.4. The molecule has 0 bridgehead atoms. The number of hydrogen-bond donors (Lipinski definition) is 0. The third kappa shape index (κ3) is 6.01. The van der Waals surface area contributed by atoms with Crippen molar-refractivity contribution in [2.75, 3.05) is 13.2 Å². The average molecular weight is 611 g/mol. The van der Waals surface area contributed by atoms with Crippen LogP contribution < -0.4 is 9.47 Å². The summed E-state index contributed by atoms with van der Waals surface area (Å²) in [6, 6.07) is 11.1. The third-order valence-electron chi connectivity index (χ3n) is 8.47. The average Bonchev–Trinajstić information content (AvgIpc) is 2.88. The molecule has 2 aromatic carbocycles. The molecule has 3 aliphatic rings. The Labute approximate surface area is 259 Å². The maximum Gasteiger partial charge on any atom is 0.162 e. The predicted molar refractivity (Wildman–Crippen MR) is 168 cm³/mol. The third-order valence-corrected chi connectivity index (χ3v) is 9.06. The smallest absolute Gasteiger partial charge is 0.162 e. The molecule has 1 heterocycles. The summed E-state index contributed by atoms with van der Waals surface area (Å²) in [7, 11) is 0. The van der Waals surface area contributed by atoms with Gasteiger partial charge in [0.1, 0.15) is 6.61 Å². The highest BCUT2D eigenvalue weighted by atomic mass is 35.5. The Kier molecular flexibility index (Phi) is 8.57. The molecule has 0 fully saturated rings. The summed E-state index contributed by atoms with van der Waals surface area (Å²) in [5.74, 6) is 0.992. The van der Waals surface area contributed by atoms with Crippen LogP contribution in [0.1, 0.15) is 90.7 Å². The molecule has 2 aliphatic carbocycles. The fourth-order valence-corrected chi connectivity index (χ4v) is 7.22. The van der Waals surface area contributed by atoms with Gasteiger partial charge in [0.05, 0.1) is 6.61 Å². The molecule has 0 saturated carbocycles. The molecule has 224 valence electrons. The molecule has 0 atom stereocenters. The van der Waals surface area contributed by atoms with Gasteiger partial charge in [-0.25, -0.2) is 0 Å². The van der Waals surface area contributed by atoms with Crippen molar-refractivity contribution in [3.63, 3.8) is 0 Å². The van der Waals surface area contributed by atoms with E-state index < -0.39 is 5.92 Å². The summed E-state index contributed by atoms with van der Waals surface area (Å²) < 4.78 is 12.2. The van der Waals surface area contributed by atoms with Gasteiger partial charge >= 0.3 is 0 Å². The van der Waals surface area contributed by atoms with E-state index in [-0.39, 0.29) is 29.0 Å². The van der Waals surface area contributed by atoms with E-state index in [1.54, 1.807) is 12.1 Å². The van der Waals surface area contributed by atoms with Gasteiger partial charge in [0.15, 0.2) is 23.1 Å². The topological polar surface area (TPSA) is 55.8 Å². The molecule has 0 radical (unpaired) electrons. The van der Waals surface area contributed by atoms with E-state index in [0.29, 0.717) is 41.0 Å². The van der Waals surface area contributed by atoms with Crippen LogP contribution in [0.4, 0.5) is 0 Å². The lowest BCUT2D eigenvalue weighted by atomic mass is 9.63. The van der Waals surface area contributed by atoms with Gasteiger partial charge < -0.3 is 14.4 Å². The van der Waals surface area contributed by atoms with Crippen LogP contribution in [-0.4, -0.2) is 29.6 Å². The number of halogens is 2. The van der Waals surface area contributed by atoms with Gasteiger partial charge in [-0.15, -0.1) is 0 Å². The van der Waals surface area contributed by atoms with Gasteiger partial charge in [0.2, 0.25) is 0 Å². The first-order valence-corrected chi connectivity index (χ1v) is 15.7. The Morgan fingerprint density at radius 2 is 1.43 bits per heavy atom. The van der Waals surface area contributed by atoms with E-state index in [1.807, 2.05) is 31.2 Å². The molecule has 0 N–H and O–H groups in total. The first-order valence-electron chi connectivity index (χ1n) is 15.0. The van der Waals surface area contributed by atoms with Crippen LogP contribution in [0.3, 0.4) is 0 Å². The molecule has 1 aliphatic heterocycles. The first kappa shape index (κ1) is 30.7. The summed E-state index contributed by atoms with van der Waals surface area (Å²) in [4.78, 5) is 30.3. The van der Waals surface area contributed by atoms with E-state index in [1.165, 1.54) is 0 Å². The summed E-state index contributed by atoms with van der Waals surface area (Å²) in [6.45, 7) is 14.2. The fraction of sp³-hybridized carbons (Fsp3) is 0.486. The summed E-state index contributed by atoms with van der Waals surface area (Å²) >= 11 is 12.4. The zero-order valence-corrected chi connectivity index (χ0v) is 27.0. The number of allylic oxidation sites excluding steroid dienone is 4. The number of Topliss-reactive ketones (excluding diaryl/α,β-unsaturated/α-hetero) is 2. The second-order valence-electron chi connectivity index (χ2n) is 13.4. The Hall–Kier alpha value is -2.76. The predicted octanol–water partition coefficient (Wildman–Crippen LogP) is 9.07. The van der Waals surface area contributed by atoms with Crippen molar-refractivity contribution >= 4 is 34.8 Å².